The molecule has 0 spiro atoms. The molecule has 0 radical (unpaired) electrons. The summed E-state index contributed by atoms with van der Waals surface area (Å²) in [6.45, 7) is 2.22. The molecule has 6 nitrogen and oxygen atoms in total. The van der Waals surface area contributed by atoms with E-state index in [1.165, 1.54) is 10.4 Å². The monoisotopic (exact) mass is 370 g/mol. The van der Waals surface area contributed by atoms with Crippen LogP contribution in [0.3, 0.4) is 0 Å². The molecule has 136 valence electrons. The summed E-state index contributed by atoms with van der Waals surface area (Å²) < 4.78 is 13.4. The fourth-order valence-electron chi connectivity index (χ4n) is 3.15. The van der Waals surface area contributed by atoms with Crippen LogP contribution >= 0.6 is 11.3 Å². The first kappa shape index (κ1) is 17.1. The predicted molar refractivity (Wildman–Crippen MR) is 101 cm³/mol. The summed E-state index contributed by atoms with van der Waals surface area (Å²) in [5.41, 5.74) is 1.18. The van der Waals surface area contributed by atoms with Crippen molar-refractivity contribution in [1.29, 1.82) is 0 Å². The minimum Gasteiger partial charge on any atom is -0.493 e. The Morgan fingerprint density at radius 3 is 3.12 bits per heavy atom. The smallest absolute Gasteiger partial charge is 0.161 e. The van der Waals surface area contributed by atoms with Gasteiger partial charge in [0.25, 0.3) is 0 Å². The molecule has 26 heavy (non-hydrogen) atoms. The molecular weight excluding hydrogens is 348 g/mol. The van der Waals surface area contributed by atoms with Gasteiger partial charge >= 0.3 is 0 Å². The SMILES string of the molecule is COc1cc(CNC2CCc3ncnn3C2)ccc1OCc1cccs1. The van der Waals surface area contributed by atoms with Crippen LogP contribution in [0.1, 0.15) is 22.7 Å². The summed E-state index contributed by atoms with van der Waals surface area (Å²) in [6.07, 6.45) is 3.69. The number of hydrogen-bond donors (Lipinski definition) is 1. The molecule has 1 unspecified atom stereocenters. The molecule has 4 rings (SSSR count). The highest BCUT2D eigenvalue weighted by atomic mass is 32.1. The number of nitrogens with zero attached hydrogens (tertiary/aromatic N) is 3. The zero-order valence-electron chi connectivity index (χ0n) is 14.7. The minimum atomic E-state index is 0.407. The maximum Gasteiger partial charge on any atom is 0.161 e. The van der Waals surface area contributed by atoms with Gasteiger partial charge in [0.2, 0.25) is 0 Å². The fraction of sp³-hybridized carbons (Fsp3) is 0.368. The van der Waals surface area contributed by atoms with E-state index >= 15 is 0 Å². The number of rotatable bonds is 7. The van der Waals surface area contributed by atoms with Gasteiger partial charge in [0.15, 0.2) is 11.5 Å². The lowest BCUT2D eigenvalue weighted by molar-refractivity contribution is 0.287. The molecule has 1 atom stereocenters. The van der Waals surface area contributed by atoms with Crippen molar-refractivity contribution in [3.63, 3.8) is 0 Å². The molecule has 0 saturated carbocycles. The van der Waals surface area contributed by atoms with Crippen molar-refractivity contribution in [1.82, 2.24) is 20.1 Å². The van der Waals surface area contributed by atoms with E-state index in [1.807, 2.05) is 22.9 Å². The molecule has 1 aliphatic heterocycles. The number of benzene rings is 1. The maximum absolute atomic E-state index is 5.90. The number of methoxy groups -OCH3 is 1. The predicted octanol–water partition coefficient (Wildman–Crippen LogP) is 3.03. The zero-order chi connectivity index (χ0) is 17.8. The van der Waals surface area contributed by atoms with E-state index in [4.69, 9.17) is 9.47 Å². The molecular formula is C19H22N4O2S. The van der Waals surface area contributed by atoms with Crippen molar-refractivity contribution < 1.29 is 9.47 Å². The Morgan fingerprint density at radius 1 is 1.31 bits per heavy atom. The lowest BCUT2D eigenvalue weighted by atomic mass is 10.1. The Labute approximate surface area is 156 Å². The summed E-state index contributed by atoms with van der Waals surface area (Å²) in [7, 11) is 1.68. The standard InChI is InChI=1S/C19H22N4O2S/c1-24-18-9-14(4-6-17(18)25-12-16-3-2-8-26-16)10-20-15-5-7-19-21-13-22-23(19)11-15/h2-4,6,8-9,13,15,20H,5,7,10-12H2,1H3. The molecule has 3 heterocycles. The fourth-order valence-corrected chi connectivity index (χ4v) is 3.77. The molecule has 0 aliphatic carbocycles. The Hall–Kier alpha value is -2.38. The largest absolute Gasteiger partial charge is 0.493 e. The summed E-state index contributed by atoms with van der Waals surface area (Å²) in [5, 5.41) is 9.94. The average molecular weight is 370 g/mol. The van der Waals surface area contributed by atoms with Gasteiger partial charge in [-0.05, 0) is 35.6 Å². The van der Waals surface area contributed by atoms with Crippen LogP contribution < -0.4 is 14.8 Å². The lowest BCUT2D eigenvalue weighted by Crippen LogP contribution is -2.37. The molecule has 0 saturated heterocycles. The molecule has 2 aromatic heterocycles. The molecule has 7 heteroatoms. The Bertz CT molecular complexity index is 847. The van der Waals surface area contributed by atoms with E-state index in [0.717, 1.165) is 43.3 Å². The van der Waals surface area contributed by atoms with E-state index in [9.17, 15) is 0 Å². The number of aryl methyl sites for hydroxylation is 1. The minimum absolute atomic E-state index is 0.407. The molecule has 0 amide bonds. The van der Waals surface area contributed by atoms with Crippen LogP contribution in [0, 0.1) is 0 Å². The second-order valence-corrected chi connectivity index (χ2v) is 7.36. The topological polar surface area (TPSA) is 61.2 Å². The summed E-state index contributed by atoms with van der Waals surface area (Å²) >= 11 is 1.69. The van der Waals surface area contributed by atoms with Crippen molar-refractivity contribution in [2.45, 2.75) is 38.6 Å². The van der Waals surface area contributed by atoms with Gasteiger partial charge < -0.3 is 14.8 Å². The van der Waals surface area contributed by atoms with Gasteiger partial charge in [-0.3, -0.25) is 0 Å². The van der Waals surface area contributed by atoms with Gasteiger partial charge in [0, 0.05) is 23.9 Å². The highest BCUT2D eigenvalue weighted by molar-refractivity contribution is 7.09. The third kappa shape index (κ3) is 3.89. The van der Waals surface area contributed by atoms with E-state index in [1.54, 1.807) is 24.8 Å². The van der Waals surface area contributed by atoms with Gasteiger partial charge in [-0.2, -0.15) is 5.10 Å². The van der Waals surface area contributed by atoms with Gasteiger partial charge in [-0.1, -0.05) is 12.1 Å². The number of fused-ring (bicyclic) bond motifs is 1. The summed E-state index contributed by atoms with van der Waals surface area (Å²) in [5.74, 6) is 2.62. The van der Waals surface area contributed by atoms with E-state index in [0.29, 0.717) is 12.6 Å². The third-order valence-corrected chi connectivity index (χ3v) is 5.43. The molecule has 0 bridgehead atoms. The van der Waals surface area contributed by atoms with Crippen molar-refractivity contribution in [3.8, 4) is 11.5 Å². The number of hydrogen-bond acceptors (Lipinski definition) is 6. The first-order valence-corrected chi connectivity index (χ1v) is 9.62. The normalized spacial score (nSPS) is 16.3. The van der Waals surface area contributed by atoms with Gasteiger partial charge in [0.05, 0.1) is 13.7 Å². The Kier molecular flexibility index (Phi) is 5.17. The lowest BCUT2D eigenvalue weighted by Gasteiger charge is -2.23. The van der Waals surface area contributed by atoms with Crippen LogP contribution in [-0.2, 0) is 26.1 Å². The second-order valence-electron chi connectivity index (χ2n) is 6.33. The Morgan fingerprint density at radius 2 is 2.27 bits per heavy atom. The van der Waals surface area contributed by atoms with Gasteiger partial charge in [-0.25, -0.2) is 9.67 Å². The highest BCUT2D eigenvalue weighted by Gasteiger charge is 2.19. The quantitative estimate of drug-likeness (QED) is 0.693. The molecule has 1 aliphatic rings. The van der Waals surface area contributed by atoms with Gasteiger partial charge in [0.1, 0.15) is 18.8 Å². The molecule has 1 N–H and O–H groups in total. The highest BCUT2D eigenvalue weighted by Crippen LogP contribution is 2.29. The van der Waals surface area contributed by atoms with Crippen LogP contribution in [0.15, 0.2) is 42.0 Å². The van der Waals surface area contributed by atoms with E-state index in [-0.39, 0.29) is 0 Å². The Balaban J connectivity index is 1.35. The van der Waals surface area contributed by atoms with Crippen molar-refractivity contribution >= 4 is 11.3 Å². The summed E-state index contributed by atoms with van der Waals surface area (Å²) in [4.78, 5) is 5.47. The van der Waals surface area contributed by atoms with Crippen LogP contribution in [0.4, 0.5) is 0 Å². The van der Waals surface area contributed by atoms with Crippen molar-refractivity contribution in [2.24, 2.45) is 0 Å². The van der Waals surface area contributed by atoms with Crippen LogP contribution in [0.25, 0.3) is 0 Å². The first-order valence-electron chi connectivity index (χ1n) is 8.74. The summed E-state index contributed by atoms with van der Waals surface area (Å²) in [6, 6.07) is 10.6. The van der Waals surface area contributed by atoms with Crippen LogP contribution in [0.2, 0.25) is 0 Å². The van der Waals surface area contributed by atoms with Crippen LogP contribution in [-0.4, -0.2) is 27.9 Å². The maximum atomic E-state index is 5.90. The number of aromatic nitrogens is 3. The van der Waals surface area contributed by atoms with Crippen molar-refractivity contribution in [3.05, 3.63) is 58.3 Å². The zero-order valence-corrected chi connectivity index (χ0v) is 15.5. The first-order chi connectivity index (χ1) is 12.8. The van der Waals surface area contributed by atoms with Crippen molar-refractivity contribution in [2.75, 3.05) is 7.11 Å². The molecule has 0 fully saturated rings. The van der Waals surface area contributed by atoms with E-state index in [2.05, 4.69) is 32.9 Å². The van der Waals surface area contributed by atoms with E-state index < -0.39 is 0 Å². The molecule has 1 aromatic carbocycles. The number of ether oxygens (including phenoxy) is 2. The molecule has 3 aromatic rings. The average Bonchev–Trinajstić information content (AvgIpc) is 3.36. The third-order valence-electron chi connectivity index (χ3n) is 4.58. The number of nitrogens with one attached hydrogen (secondary N) is 1. The number of thiophene rings is 1. The van der Waals surface area contributed by atoms with Crippen LogP contribution in [0.5, 0.6) is 11.5 Å². The second kappa shape index (κ2) is 7.88. The van der Waals surface area contributed by atoms with Gasteiger partial charge in [-0.15, -0.1) is 11.3 Å².